The van der Waals surface area contributed by atoms with E-state index in [1.54, 1.807) is 18.2 Å². The number of fused-ring (bicyclic) bond motifs is 2. The molecule has 6 N–H and O–H groups in total. The number of carbonyl (C=O) groups is 1. The molecule has 1 unspecified atom stereocenters. The SMILES string of the molecule is CCCCC[C@@H](O)CC(=O)CCc1ccc(O)c(OC[NH+]2C=C3N=CC(Cc4c(CO)ccc5c4CC=N[C@H]5N)=C3C2)c1. The molecule has 0 saturated heterocycles. The van der Waals surface area contributed by atoms with E-state index in [4.69, 9.17) is 10.5 Å². The zero-order valence-corrected chi connectivity index (χ0v) is 24.9. The molecule has 0 amide bonds. The van der Waals surface area contributed by atoms with E-state index in [1.807, 2.05) is 30.8 Å². The Balaban J connectivity index is 1.18. The highest BCUT2D eigenvalue weighted by Crippen LogP contribution is 2.32. The third kappa shape index (κ3) is 7.48. The molecule has 3 aliphatic rings. The minimum Gasteiger partial charge on any atom is -0.504 e. The molecule has 2 aromatic carbocycles. The molecule has 0 radical (unpaired) electrons. The number of rotatable bonds is 15. The Bertz CT molecular complexity index is 1460. The van der Waals surface area contributed by atoms with Crippen LogP contribution in [-0.4, -0.2) is 52.9 Å². The molecule has 9 heteroatoms. The molecule has 3 atom stereocenters. The quantitative estimate of drug-likeness (QED) is 0.203. The van der Waals surface area contributed by atoms with Gasteiger partial charge in [0, 0.05) is 43.7 Å². The number of nitrogens with two attached hydrogens (primary N) is 1. The Morgan fingerprint density at radius 1 is 1.23 bits per heavy atom. The molecular weight excluding hydrogens is 544 g/mol. The average molecular weight is 588 g/mol. The lowest BCUT2D eigenvalue weighted by Gasteiger charge is -2.22. The Morgan fingerprint density at radius 3 is 2.91 bits per heavy atom. The van der Waals surface area contributed by atoms with E-state index in [-0.39, 0.29) is 30.7 Å². The summed E-state index contributed by atoms with van der Waals surface area (Å²) >= 11 is 0. The molecule has 0 saturated carbocycles. The summed E-state index contributed by atoms with van der Waals surface area (Å²) in [5.74, 6) is 0.478. The number of nitrogens with zero attached hydrogens (tertiary/aromatic N) is 2. The van der Waals surface area contributed by atoms with Crippen molar-refractivity contribution in [1.82, 2.24) is 0 Å². The lowest BCUT2D eigenvalue weighted by molar-refractivity contribution is -0.855. The number of Topliss-reactive ketones (excluding diaryl/α,β-unsaturated/α-hetero) is 1. The van der Waals surface area contributed by atoms with Crippen LogP contribution in [0.2, 0.25) is 0 Å². The summed E-state index contributed by atoms with van der Waals surface area (Å²) in [4.78, 5) is 22.4. The monoisotopic (exact) mass is 587 g/mol. The van der Waals surface area contributed by atoms with Gasteiger partial charge >= 0.3 is 0 Å². The zero-order chi connectivity index (χ0) is 30.3. The summed E-state index contributed by atoms with van der Waals surface area (Å²) in [5, 5.41) is 30.6. The second-order valence-electron chi connectivity index (χ2n) is 11.7. The lowest BCUT2D eigenvalue weighted by Crippen LogP contribution is -3.07. The number of carbonyl (C=O) groups excluding carboxylic acids is 1. The molecule has 0 aromatic heterocycles. The van der Waals surface area contributed by atoms with Crippen molar-refractivity contribution in [2.75, 3.05) is 13.3 Å². The second kappa shape index (κ2) is 14.2. The number of aliphatic imine (C=N–C) groups is 2. The Morgan fingerprint density at radius 2 is 2.09 bits per heavy atom. The van der Waals surface area contributed by atoms with Crippen molar-refractivity contribution in [3.63, 3.8) is 0 Å². The van der Waals surface area contributed by atoms with E-state index in [2.05, 4.69) is 16.9 Å². The highest BCUT2D eigenvalue weighted by Gasteiger charge is 2.30. The Hall–Kier alpha value is -3.63. The number of unbranched alkanes of at least 4 members (excludes halogenated alkanes) is 2. The first kappa shape index (κ1) is 30.8. The molecule has 0 bridgehead atoms. The minimum atomic E-state index is -0.572. The smallest absolute Gasteiger partial charge is 0.227 e. The predicted octanol–water partition coefficient (Wildman–Crippen LogP) is 3.00. The van der Waals surface area contributed by atoms with E-state index in [0.717, 1.165) is 68.8 Å². The summed E-state index contributed by atoms with van der Waals surface area (Å²) in [6.07, 6.45) is 11.0. The number of ether oxygens (including phenoxy) is 1. The lowest BCUT2D eigenvalue weighted by atomic mass is 9.87. The fraction of sp³-hybridized carbons (Fsp3) is 0.441. The molecule has 3 heterocycles. The van der Waals surface area contributed by atoms with Gasteiger partial charge in [-0.05, 0) is 58.4 Å². The number of aliphatic hydroxyl groups excluding tert-OH is 2. The summed E-state index contributed by atoms with van der Waals surface area (Å²) in [7, 11) is 0. The molecule has 0 aliphatic carbocycles. The van der Waals surface area contributed by atoms with E-state index < -0.39 is 6.10 Å². The number of ketones is 1. The molecule has 2 aromatic rings. The van der Waals surface area contributed by atoms with Gasteiger partial charge in [0.25, 0.3) is 0 Å². The molecular formula is C34H43N4O5+. The third-order valence-corrected chi connectivity index (χ3v) is 8.52. The predicted molar refractivity (Wildman–Crippen MR) is 166 cm³/mol. The summed E-state index contributed by atoms with van der Waals surface area (Å²) in [6, 6.07) is 9.10. The maximum Gasteiger partial charge on any atom is 0.227 e. The van der Waals surface area contributed by atoms with Crippen LogP contribution in [0.15, 0.2) is 63.4 Å². The number of hydrogen-bond donors (Lipinski definition) is 5. The molecule has 9 nitrogen and oxygen atoms in total. The third-order valence-electron chi connectivity index (χ3n) is 8.52. The molecule has 0 spiro atoms. The molecule has 5 rings (SSSR count). The van der Waals surface area contributed by atoms with E-state index in [1.165, 1.54) is 0 Å². The number of hydrogen-bond acceptors (Lipinski definition) is 8. The number of aliphatic hydroxyl groups is 2. The number of aromatic hydroxyl groups is 1. The van der Waals surface area contributed by atoms with E-state index in [9.17, 15) is 20.1 Å². The van der Waals surface area contributed by atoms with E-state index in [0.29, 0.717) is 51.1 Å². The first-order valence-electron chi connectivity index (χ1n) is 15.3. The van der Waals surface area contributed by atoms with Gasteiger partial charge in [0.05, 0.1) is 12.7 Å². The number of aryl methyl sites for hydroxylation is 1. The van der Waals surface area contributed by atoms with Gasteiger partial charge in [-0.2, -0.15) is 0 Å². The summed E-state index contributed by atoms with van der Waals surface area (Å²) in [6.45, 7) is 3.08. The zero-order valence-electron chi connectivity index (χ0n) is 24.9. The minimum absolute atomic E-state index is 0.0413. The first-order chi connectivity index (χ1) is 20.9. The van der Waals surface area contributed by atoms with Crippen molar-refractivity contribution in [3.05, 3.63) is 81.2 Å². The largest absolute Gasteiger partial charge is 0.504 e. The van der Waals surface area contributed by atoms with Crippen LogP contribution in [0, 0.1) is 0 Å². The Labute approximate surface area is 253 Å². The fourth-order valence-electron chi connectivity index (χ4n) is 6.07. The van der Waals surface area contributed by atoms with Crippen molar-refractivity contribution in [2.24, 2.45) is 15.7 Å². The van der Waals surface area contributed by atoms with Gasteiger partial charge in [-0.3, -0.25) is 19.7 Å². The molecule has 43 heavy (non-hydrogen) atoms. The second-order valence-corrected chi connectivity index (χ2v) is 11.7. The number of allylic oxidation sites excluding steroid dienone is 1. The van der Waals surface area contributed by atoms with Gasteiger partial charge in [0.15, 0.2) is 11.5 Å². The van der Waals surface area contributed by atoms with Gasteiger partial charge in [-0.15, -0.1) is 0 Å². The van der Waals surface area contributed by atoms with Crippen molar-refractivity contribution in [3.8, 4) is 11.5 Å². The number of phenols is 1. The molecule has 0 fully saturated rings. The number of phenolic OH excluding ortho intramolecular Hbond substituents is 1. The topological polar surface area (TPSA) is 142 Å². The van der Waals surface area contributed by atoms with Crippen LogP contribution in [0.1, 0.15) is 79.4 Å². The maximum absolute atomic E-state index is 12.4. The highest BCUT2D eigenvalue weighted by atomic mass is 16.5. The Kier molecular flexibility index (Phi) is 10.2. The maximum atomic E-state index is 12.4. The van der Waals surface area contributed by atoms with Crippen molar-refractivity contribution >= 4 is 18.2 Å². The van der Waals surface area contributed by atoms with Crippen LogP contribution in [0.4, 0.5) is 0 Å². The van der Waals surface area contributed by atoms with Crippen molar-refractivity contribution in [2.45, 2.75) is 83.6 Å². The first-order valence-corrected chi connectivity index (χ1v) is 15.3. The van der Waals surface area contributed by atoms with Crippen molar-refractivity contribution in [1.29, 1.82) is 0 Å². The summed E-state index contributed by atoms with van der Waals surface area (Å²) in [5.41, 5.74) is 14.4. The van der Waals surface area contributed by atoms with Crippen LogP contribution < -0.4 is 15.4 Å². The van der Waals surface area contributed by atoms with Crippen LogP contribution in [-0.2, 0) is 30.7 Å². The number of benzene rings is 2. The van der Waals surface area contributed by atoms with Crippen LogP contribution in [0.25, 0.3) is 0 Å². The van der Waals surface area contributed by atoms with Gasteiger partial charge in [-0.25, -0.2) is 0 Å². The fourth-order valence-corrected chi connectivity index (χ4v) is 6.07. The molecule has 228 valence electrons. The van der Waals surface area contributed by atoms with Gasteiger partial charge < -0.3 is 25.8 Å². The van der Waals surface area contributed by atoms with Crippen LogP contribution in [0.3, 0.4) is 0 Å². The molecule has 3 aliphatic heterocycles. The average Bonchev–Trinajstić information content (AvgIpc) is 3.57. The van der Waals surface area contributed by atoms with Crippen LogP contribution >= 0.6 is 0 Å². The number of nitrogens with one attached hydrogen (secondary N) is 1. The van der Waals surface area contributed by atoms with Crippen molar-refractivity contribution < 1.29 is 29.8 Å². The number of quaternary nitrogens is 1. The van der Waals surface area contributed by atoms with Gasteiger partial charge in [0.2, 0.25) is 6.73 Å². The standard InChI is InChI=1S/C34H42N4O5/c1-2-3-4-5-25(40)16-26(41)9-6-22-7-11-32(42)33(14-22)43-21-38-18-30-24(17-37-31(30)19-38)15-29-23(20-39)8-10-28-27(29)12-13-36-34(28)35/h7-8,10-11,13-14,17,19,25,34,39-40,42H,2-6,9,12,15-16,18,20-21,35H2,1H3/p+1/t25-,34-/m1/s1. The van der Waals surface area contributed by atoms with Gasteiger partial charge in [0.1, 0.15) is 30.4 Å². The highest BCUT2D eigenvalue weighted by molar-refractivity contribution is 5.87. The normalized spacial score (nSPS) is 19.4. The summed E-state index contributed by atoms with van der Waals surface area (Å²) < 4.78 is 6.04. The van der Waals surface area contributed by atoms with Crippen LogP contribution in [0.5, 0.6) is 11.5 Å². The van der Waals surface area contributed by atoms with E-state index >= 15 is 0 Å². The van der Waals surface area contributed by atoms with Gasteiger partial charge in [-0.1, -0.05) is 44.4 Å².